The molecule has 0 spiro atoms. The standard InChI is InChI=1S/C18H23N3O4/c1-13-10-14(2)12-15(11-13)25-8-6-19-18(23)16-4-5-17(22)21(20-16)7-9-24-3/h4-5,10-12H,6-9H2,1-3H3,(H,19,23). The van der Waals surface area contributed by atoms with Crippen LogP contribution in [0.5, 0.6) is 5.75 Å². The fraction of sp³-hybridized carbons (Fsp3) is 0.389. The summed E-state index contributed by atoms with van der Waals surface area (Å²) in [7, 11) is 1.54. The van der Waals surface area contributed by atoms with Crippen molar-refractivity contribution in [3.8, 4) is 5.75 Å². The van der Waals surface area contributed by atoms with Crippen LogP contribution in [-0.4, -0.2) is 42.6 Å². The van der Waals surface area contributed by atoms with Crippen LogP contribution < -0.4 is 15.6 Å². The third-order valence-corrected chi connectivity index (χ3v) is 3.46. The lowest BCUT2D eigenvalue weighted by Gasteiger charge is -2.10. The topological polar surface area (TPSA) is 82.5 Å². The zero-order valence-electron chi connectivity index (χ0n) is 14.7. The zero-order valence-corrected chi connectivity index (χ0v) is 14.7. The highest BCUT2D eigenvalue weighted by Crippen LogP contribution is 2.15. The smallest absolute Gasteiger partial charge is 0.271 e. The fourth-order valence-corrected chi connectivity index (χ4v) is 2.35. The van der Waals surface area contributed by atoms with E-state index < -0.39 is 0 Å². The molecule has 1 aromatic carbocycles. The molecule has 0 aliphatic carbocycles. The highest BCUT2D eigenvalue weighted by Gasteiger charge is 2.09. The number of benzene rings is 1. The third-order valence-electron chi connectivity index (χ3n) is 3.46. The molecular weight excluding hydrogens is 322 g/mol. The zero-order chi connectivity index (χ0) is 18.2. The second-order valence-electron chi connectivity index (χ2n) is 5.70. The van der Waals surface area contributed by atoms with Gasteiger partial charge in [0, 0.05) is 13.2 Å². The van der Waals surface area contributed by atoms with Gasteiger partial charge in [-0.15, -0.1) is 0 Å². The number of rotatable bonds is 8. The van der Waals surface area contributed by atoms with Gasteiger partial charge in [0.1, 0.15) is 18.1 Å². The predicted octanol–water partition coefficient (Wildman–Crippen LogP) is 1.32. The van der Waals surface area contributed by atoms with Crippen molar-refractivity contribution in [1.82, 2.24) is 15.1 Å². The van der Waals surface area contributed by atoms with Crippen LogP contribution in [0.3, 0.4) is 0 Å². The Bertz CT molecular complexity index is 766. The molecule has 0 fully saturated rings. The van der Waals surface area contributed by atoms with E-state index in [1.165, 1.54) is 23.9 Å². The minimum atomic E-state index is -0.352. The SMILES string of the molecule is COCCn1nc(C(=O)NCCOc2cc(C)cc(C)c2)ccc1=O. The summed E-state index contributed by atoms with van der Waals surface area (Å²) in [5.74, 6) is 0.424. The summed E-state index contributed by atoms with van der Waals surface area (Å²) in [6, 6.07) is 8.69. The van der Waals surface area contributed by atoms with E-state index in [1.54, 1.807) is 0 Å². The van der Waals surface area contributed by atoms with E-state index in [4.69, 9.17) is 9.47 Å². The van der Waals surface area contributed by atoms with Crippen LogP contribution >= 0.6 is 0 Å². The molecule has 1 N–H and O–H groups in total. The molecule has 0 aliphatic rings. The summed E-state index contributed by atoms with van der Waals surface area (Å²) >= 11 is 0. The molecule has 0 aliphatic heterocycles. The predicted molar refractivity (Wildman–Crippen MR) is 94.1 cm³/mol. The number of nitrogens with zero attached hydrogens (tertiary/aromatic N) is 2. The van der Waals surface area contributed by atoms with Crippen molar-refractivity contribution >= 4 is 5.91 Å². The number of aromatic nitrogens is 2. The number of methoxy groups -OCH3 is 1. The molecule has 1 amide bonds. The summed E-state index contributed by atoms with van der Waals surface area (Å²) in [4.78, 5) is 23.8. The summed E-state index contributed by atoms with van der Waals surface area (Å²) in [5, 5.41) is 6.77. The average molecular weight is 345 g/mol. The molecule has 0 atom stereocenters. The van der Waals surface area contributed by atoms with Gasteiger partial charge in [-0.05, 0) is 43.2 Å². The minimum Gasteiger partial charge on any atom is -0.492 e. The molecular formula is C18H23N3O4. The molecule has 7 nitrogen and oxygen atoms in total. The number of carbonyl (C=O) groups is 1. The Morgan fingerprint density at radius 3 is 2.56 bits per heavy atom. The Balaban J connectivity index is 1.86. The van der Waals surface area contributed by atoms with Crippen LogP contribution in [0.15, 0.2) is 35.1 Å². The Morgan fingerprint density at radius 2 is 1.88 bits per heavy atom. The first-order valence-electron chi connectivity index (χ1n) is 8.06. The Labute approximate surface area is 146 Å². The van der Waals surface area contributed by atoms with Gasteiger partial charge in [0.15, 0.2) is 0 Å². The summed E-state index contributed by atoms with van der Waals surface area (Å²) in [5.41, 5.74) is 2.16. The summed E-state index contributed by atoms with van der Waals surface area (Å²) in [6.07, 6.45) is 0. The van der Waals surface area contributed by atoms with Gasteiger partial charge >= 0.3 is 0 Å². The van der Waals surface area contributed by atoms with E-state index in [9.17, 15) is 9.59 Å². The number of hydrogen-bond donors (Lipinski definition) is 1. The molecule has 25 heavy (non-hydrogen) atoms. The summed E-state index contributed by atoms with van der Waals surface area (Å²) < 4.78 is 11.8. The molecule has 1 heterocycles. The number of amides is 1. The molecule has 7 heteroatoms. The first-order valence-corrected chi connectivity index (χ1v) is 8.06. The van der Waals surface area contributed by atoms with Crippen molar-refractivity contribution in [2.75, 3.05) is 26.9 Å². The van der Waals surface area contributed by atoms with Crippen LogP contribution in [0.4, 0.5) is 0 Å². The number of hydrogen-bond acceptors (Lipinski definition) is 5. The number of carbonyl (C=O) groups excluding carboxylic acids is 1. The average Bonchev–Trinajstić information content (AvgIpc) is 2.57. The second-order valence-corrected chi connectivity index (χ2v) is 5.70. The lowest BCUT2D eigenvalue weighted by atomic mass is 10.1. The highest BCUT2D eigenvalue weighted by molar-refractivity contribution is 5.91. The third kappa shape index (κ3) is 5.72. The van der Waals surface area contributed by atoms with Crippen LogP contribution in [0.1, 0.15) is 21.6 Å². The second kappa shape index (κ2) is 8.98. The molecule has 1 aromatic heterocycles. The number of ether oxygens (including phenoxy) is 2. The molecule has 0 saturated carbocycles. The summed E-state index contributed by atoms with van der Waals surface area (Å²) in [6.45, 7) is 5.34. The fourth-order valence-electron chi connectivity index (χ4n) is 2.35. The lowest BCUT2D eigenvalue weighted by molar-refractivity contribution is 0.0938. The first kappa shape index (κ1) is 18.7. The van der Waals surface area contributed by atoms with Crippen molar-refractivity contribution < 1.29 is 14.3 Å². The Hall–Kier alpha value is -2.67. The van der Waals surface area contributed by atoms with Gasteiger partial charge < -0.3 is 14.8 Å². The van der Waals surface area contributed by atoms with Gasteiger partial charge in [-0.1, -0.05) is 6.07 Å². The van der Waals surface area contributed by atoms with Gasteiger partial charge in [0.2, 0.25) is 0 Å². The first-order chi connectivity index (χ1) is 12.0. The van der Waals surface area contributed by atoms with Crippen LogP contribution in [-0.2, 0) is 11.3 Å². The van der Waals surface area contributed by atoms with E-state index in [2.05, 4.69) is 16.5 Å². The van der Waals surface area contributed by atoms with Crippen molar-refractivity contribution in [3.05, 3.63) is 57.5 Å². The van der Waals surface area contributed by atoms with Crippen molar-refractivity contribution in [2.45, 2.75) is 20.4 Å². The molecule has 0 bridgehead atoms. The largest absolute Gasteiger partial charge is 0.492 e. The Morgan fingerprint density at radius 1 is 1.16 bits per heavy atom. The Kier molecular flexibility index (Phi) is 6.71. The van der Waals surface area contributed by atoms with Gasteiger partial charge in [-0.25, -0.2) is 4.68 Å². The van der Waals surface area contributed by atoms with Crippen molar-refractivity contribution in [3.63, 3.8) is 0 Å². The molecule has 0 saturated heterocycles. The number of aryl methyl sites for hydroxylation is 2. The maximum Gasteiger partial charge on any atom is 0.271 e. The molecule has 0 radical (unpaired) electrons. The molecule has 2 rings (SSSR count). The monoisotopic (exact) mass is 345 g/mol. The lowest BCUT2D eigenvalue weighted by Crippen LogP contribution is -2.32. The van der Waals surface area contributed by atoms with Gasteiger partial charge in [0.05, 0.1) is 19.7 Å². The molecule has 0 unspecified atom stereocenters. The van der Waals surface area contributed by atoms with Gasteiger partial charge in [-0.3, -0.25) is 9.59 Å². The highest BCUT2D eigenvalue weighted by atomic mass is 16.5. The molecule has 2 aromatic rings. The van der Waals surface area contributed by atoms with Gasteiger partial charge in [0.25, 0.3) is 11.5 Å². The van der Waals surface area contributed by atoms with Crippen molar-refractivity contribution in [1.29, 1.82) is 0 Å². The quantitative estimate of drug-likeness (QED) is 0.730. The van der Waals surface area contributed by atoms with Crippen LogP contribution in [0, 0.1) is 13.8 Å². The van der Waals surface area contributed by atoms with E-state index in [1.807, 2.05) is 26.0 Å². The van der Waals surface area contributed by atoms with Gasteiger partial charge in [-0.2, -0.15) is 5.10 Å². The van der Waals surface area contributed by atoms with E-state index in [0.717, 1.165) is 16.9 Å². The maximum absolute atomic E-state index is 12.1. The van der Waals surface area contributed by atoms with E-state index >= 15 is 0 Å². The maximum atomic E-state index is 12.1. The number of nitrogens with one attached hydrogen (secondary N) is 1. The van der Waals surface area contributed by atoms with Crippen LogP contribution in [0.2, 0.25) is 0 Å². The van der Waals surface area contributed by atoms with Crippen molar-refractivity contribution in [2.24, 2.45) is 0 Å². The molecule has 134 valence electrons. The normalized spacial score (nSPS) is 10.5. The van der Waals surface area contributed by atoms with E-state index in [0.29, 0.717) is 26.3 Å². The van der Waals surface area contributed by atoms with Crippen LogP contribution in [0.25, 0.3) is 0 Å². The minimum absolute atomic E-state index is 0.183. The van der Waals surface area contributed by atoms with E-state index in [-0.39, 0.29) is 17.2 Å².